The summed E-state index contributed by atoms with van der Waals surface area (Å²) in [6.07, 6.45) is 0.799. The molecule has 2 aromatic rings. The van der Waals surface area contributed by atoms with Gasteiger partial charge in [-0.25, -0.2) is 4.39 Å². The van der Waals surface area contributed by atoms with Gasteiger partial charge in [0.25, 0.3) is 0 Å². The SMILES string of the molecule is CC#CCCC(O)c1cc2ccc(F)cc2s1. The molecule has 2 rings (SSSR count). The molecule has 0 amide bonds. The van der Waals surface area contributed by atoms with Crippen LogP contribution in [0.4, 0.5) is 4.39 Å². The third-order valence-electron chi connectivity index (χ3n) is 2.55. The molecule has 0 aliphatic heterocycles. The molecular formula is C14H13FOS. The van der Waals surface area contributed by atoms with E-state index in [-0.39, 0.29) is 5.82 Å². The second-order valence-electron chi connectivity index (χ2n) is 3.81. The summed E-state index contributed by atoms with van der Waals surface area (Å²) in [5.41, 5.74) is 0. The van der Waals surface area contributed by atoms with Gasteiger partial charge in [0.1, 0.15) is 5.82 Å². The van der Waals surface area contributed by atoms with Crippen molar-refractivity contribution in [1.29, 1.82) is 0 Å². The van der Waals surface area contributed by atoms with Gasteiger partial charge in [0.05, 0.1) is 6.10 Å². The lowest BCUT2D eigenvalue weighted by molar-refractivity contribution is 0.173. The minimum absolute atomic E-state index is 0.239. The van der Waals surface area contributed by atoms with Crippen LogP contribution in [0.1, 0.15) is 30.7 Å². The predicted molar refractivity (Wildman–Crippen MR) is 69.4 cm³/mol. The second kappa shape index (κ2) is 5.31. The summed E-state index contributed by atoms with van der Waals surface area (Å²) < 4.78 is 13.9. The molecule has 1 N–H and O–H groups in total. The number of benzene rings is 1. The van der Waals surface area contributed by atoms with E-state index in [2.05, 4.69) is 11.8 Å². The number of thiophene rings is 1. The van der Waals surface area contributed by atoms with Crippen molar-refractivity contribution in [2.45, 2.75) is 25.9 Å². The molecule has 0 spiro atoms. The average molecular weight is 248 g/mol. The molecule has 88 valence electrons. The van der Waals surface area contributed by atoms with Gasteiger partial charge in [-0.2, -0.15) is 0 Å². The summed E-state index contributed by atoms with van der Waals surface area (Å²) >= 11 is 1.44. The van der Waals surface area contributed by atoms with Gasteiger partial charge in [0.15, 0.2) is 0 Å². The molecule has 0 aliphatic carbocycles. The molecule has 1 aromatic carbocycles. The second-order valence-corrected chi connectivity index (χ2v) is 4.93. The van der Waals surface area contributed by atoms with E-state index in [0.717, 1.165) is 15.0 Å². The van der Waals surface area contributed by atoms with Crippen LogP contribution in [-0.2, 0) is 0 Å². The van der Waals surface area contributed by atoms with Crippen LogP contribution >= 0.6 is 11.3 Å². The van der Waals surface area contributed by atoms with Crippen LogP contribution in [0.5, 0.6) is 0 Å². The van der Waals surface area contributed by atoms with E-state index in [1.54, 1.807) is 13.0 Å². The Morgan fingerprint density at radius 1 is 1.41 bits per heavy atom. The minimum atomic E-state index is -0.503. The lowest BCUT2D eigenvalue weighted by atomic mass is 10.1. The fraction of sp³-hybridized carbons (Fsp3) is 0.286. The number of halogens is 1. The Kier molecular flexibility index (Phi) is 3.78. The van der Waals surface area contributed by atoms with Crippen LogP contribution in [-0.4, -0.2) is 5.11 Å². The molecule has 1 aromatic heterocycles. The van der Waals surface area contributed by atoms with Crippen molar-refractivity contribution in [3.8, 4) is 11.8 Å². The van der Waals surface area contributed by atoms with Crippen LogP contribution in [0.3, 0.4) is 0 Å². The highest BCUT2D eigenvalue weighted by Gasteiger charge is 2.11. The van der Waals surface area contributed by atoms with Crippen LogP contribution in [0.2, 0.25) is 0 Å². The highest BCUT2D eigenvalue weighted by Crippen LogP contribution is 2.32. The third kappa shape index (κ3) is 2.85. The number of rotatable bonds is 3. The summed E-state index contributed by atoms with van der Waals surface area (Å²) in [5, 5.41) is 10.9. The molecule has 0 aliphatic rings. The molecule has 3 heteroatoms. The van der Waals surface area contributed by atoms with Gasteiger partial charge in [-0.3, -0.25) is 0 Å². The Labute approximate surface area is 104 Å². The van der Waals surface area contributed by atoms with Crippen LogP contribution < -0.4 is 0 Å². The van der Waals surface area contributed by atoms with Crippen molar-refractivity contribution in [2.75, 3.05) is 0 Å². The van der Waals surface area contributed by atoms with Crippen molar-refractivity contribution in [3.63, 3.8) is 0 Å². The van der Waals surface area contributed by atoms with Crippen molar-refractivity contribution >= 4 is 21.4 Å². The molecule has 1 unspecified atom stereocenters. The lowest BCUT2D eigenvalue weighted by Crippen LogP contribution is -1.92. The van der Waals surface area contributed by atoms with Gasteiger partial charge in [0, 0.05) is 16.0 Å². The van der Waals surface area contributed by atoms with Gasteiger partial charge in [-0.05, 0) is 36.9 Å². The molecular weight excluding hydrogens is 235 g/mol. The Morgan fingerprint density at radius 3 is 3.00 bits per heavy atom. The molecule has 0 saturated heterocycles. The summed E-state index contributed by atoms with van der Waals surface area (Å²) in [6.45, 7) is 1.79. The quantitative estimate of drug-likeness (QED) is 0.817. The van der Waals surface area contributed by atoms with Gasteiger partial charge in [-0.1, -0.05) is 6.07 Å². The maximum atomic E-state index is 13.0. The smallest absolute Gasteiger partial charge is 0.124 e. The number of hydrogen-bond acceptors (Lipinski definition) is 2. The lowest BCUT2D eigenvalue weighted by Gasteiger charge is -2.04. The number of fused-ring (bicyclic) bond motifs is 1. The fourth-order valence-corrected chi connectivity index (χ4v) is 2.78. The summed E-state index contributed by atoms with van der Waals surface area (Å²) in [5.74, 6) is 5.49. The zero-order valence-corrected chi connectivity index (χ0v) is 10.4. The molecule has 0 fully saturated rings. The standard InChI is InChI=1S/C14H13FOS/c1-2-3-4-5-12(16)14-8-10-6-7-11(15)9-13(10)17-14/h6-9,12,16H,4-5H2,1H3. The summed E-state index contributed by atoms with van der Waals surface area (Å²) in [6, 6.07) is 6.60. The van der Waals surface area contributed by atoms with E-state index in [9.17, 15) is 9.50 Å². The minimum Gasteiger partial charge on any atom is -0.388 e. The van der Waals surface area contributed by atoms with Crippen molar-refractivity contribution in [1.82, 2.24) is 0 Å². The van der Waals surface area contributed by atoms with E-state index < -0.39 is 6.10 Å². The molecule has 1 atom stereocenters. The first kappa shape index (κ1) is 12.1. The monoisotopic (exact) mass is 248 g/mol. The summed E-state index contributed by atoms with van der Waals surface area (Å²) in [7, 11) is 0. The number of hydrogen-bond donors (Lipinski definition) is 1. The van der Waals surface area contributed by atoms with Crippen molar-refractivity contribution in [3.05, 3.63) is 35.0 Å². The predicted octanol–water partition coefficient (Wildman–Crippen LogP) is 3.88. The van der Waals surface area contributed by atoms with Crippen molar-refractivity contribution < 1.29 is 9.50 Å². The molecule has 1 heterocycles. The van der Waals surface area contributed by atoms with E-state index in [1.165, 1.54) is 23.5 Å². The number of aliphatic hydroxyl groups is 1. The molecule has 0 bridgehead atoms. The van der Waals surface area contributed by atoms with E-state index >= 15 is 0 Å². The molecule has 0 saturated carbocycles. The maximum absolute atomic E-state index is 13.0. The van der Waals surface area contributed by atoms with Crippen molar-refractivity contribution in [2.24, 2.45) is 0 Å². The highest BCUT2D eigenvalue weighted by molar-refractivity contribution is 7.19. The first-order valence-electron chi connectivity index (χ1n) is 5.47. The zero-order valence-electron chi connectivity index (χ0n) is 9.53. The Balaban J connectivity index is 2.20. The Bertz CT molecular complexity index is 577. The van der Waals surface area contributed by atoms with Gasteiger partial charge >= 0.3 is 0 Å². The first-order chi connectivity index (χ1) is 8.20. The normalized spacial score (nSPS) is 12.2. The fourth-order valence-electron chi connectivity index (χ4n) is 1.67. The van der Waals surface area contributed by atoms with Gasteiger partial charge in [-0.15, -0.1) is 23.2 Å². The van der Waals surface area contributed by atoms with Gasteiger partial charge in [0.2, 0.25) is 0 Å². The summed E-state index contributed by atoms with van der Waals surface area (Å²) in [4.78, 5) is 0.878. The molecule has 0 radical (unpaired) electrons. The number of aliphatic hydroxyl groups excluding tert-OH is 1. The highest BCUT2D eigenvalue weighted by atomic mass is 32.1. The van der Waals surface area contributed by atoms with E-state index in [1.807, 2.05) is 6.07 Å². The topological polar surface area (TPSA) is 20.2 Å². The largest absolute Gasteiger partial charge is 0.388 e. The Morgan fingerprint density at radius 2 is 2.24 bits per heavy atom. The van der Waals surface area contributed by atoms with Crippen LogP contribution in [0.15, 0.2) is 24.3 Å². The van der Waals surface area contributed by atoms with Crippen LogP contribution in [0.25, 0.3) is 10.1 Å². The van der Waals surface area contributed by atoms with Crippen LogP contribution in [0, 0.1) is 17.7 Å². The molecule has 17 heavy (non-hydrogen) atoms. The van der Waals surface area contributed by atoms with E-state index in [0.29, 0.717) is 12.8 Å². The van der Waals surface area contributed by atoms with E-state index in [4.69, 9.17) is 0 Å². The Hall–Kier alpha value is -1.37. The first-order valence-corrected chi connectivity index (χ1v) is 6.29. The zero-order chi connectivity index (χ0) is 12.3. The van der Waals surface area contributed by atoms with Gasteiger partial charge < -0.3 is 5.11 Å². The third-order valence-corrected chi connectivity index (χ3v) is 3.75. The average Bonchev–Trinajstić information content (AvgIpc) is 2.72. The maximum Gasteiger partial charge on any atom is 0.124 e. The molecule has 1 nitrogen and oxygen atoms in total.